The molecule has 0 N–H and O–H groups in total. The second kappa shape index (κ2) is 6.68. The van der Waals surface area contributed by atoms with Crippen molar-refractivity contribution < 1.29 is 0 Å². The summed E-state index contributed by atoms with van der Waals surface area (Å²) >= 11 is 0. The highest BCUT2D eigenvalue weighted by Crippen LogP contribution is 2.14. The van der Waals surface area contributed by atoms with Crippen LogP contribution in [-0.2, 0) is 20.6 Å². The summed E-state index contributed by atoms with van der Waals surface area (Å²) in [5, 5.41) is 3.12. The third kappa shape index (κ3) is 2.91. The fourth-order valence-electron chi connectivity index (χ4n) is 3.28. The zero-order valence-electron chi connectivity index (χ0n) is 14.0. The van der Waals surface area contributed by atoms with E-state index >= 15 is 0 Å². The maximum Gasteiger partial charge on any atom is 0.332 e. The summed E-state index contributed by atoms with van der Waals surface area (Å²) in [7, 11) is 3.10. The van der Waals surface area contributed by atoms with Gasteiger partial charge in [0.2, 0.25) is 0 Å². The molecule has 1 aliphatic heterocycles. The van der Waals surface area contributed by atoms with Crippen LogP contribution in [-0.4, -0.2) is 49.3 Å². The topological polar surface area (TPSA) is 94.5 Å². The fourth-order valence-corrected chi connectivity index (χ4v) is 3.28. The summed E-state index contributed by atoms with van der Waals surface area (Å²) in [5.74, 6) is 0. The third-order valence-electron chi connectivity index (χ3n) is 4.80. The highest BCUT2D eigenvalue weighted by atomic mass is 16.3. The number of rotatable bonds is 5. The zero-order chi connectivity index (χ0) is 17.3. The van der Waals surface area contributed by atoms with Crippen LogP contribution in [0.4, 0.5) is 0 Å². The molecule has 0 unspecified atom stereocenters. The fraction of sp³-hybridized carbons (Fsp3) is 0.667. The van der Waals surface area contributed by atoms with E-state index in [1.807, 2.05) is 4.57 Å². The average Bonchev–Trinajstić information content (AvgIpc) is 3.03. The molecule has 2 aromatic heterocycles. The Balaban J connectivity index is 1.70. The van der Waals surface area contributed by atoms with Crippen molar-refractivity contribution in [2.24, 2.45) is 19.3 Å². The van der Waals surface area contributed by atoms with E-state index in [9.17, 15) is 14.5 Å². The molecular formula is C15H22N6O3. The van der Waals surface area contributed by atoms with Gasteiger partial charge in [-0.15, -0.1) is 0 Å². The van der Waals surface area contributed by atoms with E-state index in [1.165, 1.54) is 11.6 Å². The Kier molecular flexibility index (Phi) is 4.61. The van der Waals surface area contributed by atoms with Crippen LogP contribution in [0, 0.1) is 4.91 Å². The zero-order valence-corrected chi connectivity index (χ0v) is 14.0. The van der Waals surface area contributed by atoms with Gasteiger partial charge in [0, 0.05) is 33.7 Å². The third-order valence-corrected chi connectivity index (χ3v) is 4.80. The summed E-state index contributed by atoms with van der Waals surface area (Å²) in [6.07, 6.45) is 4.13. The van der Waals surface area contributed by atoms with Crippen LogP contribution >= 0.6 is 0 Å². The Morgan fingerprint density at radius 3 is 2.54 bits per heavy atom. The molecule has 9 heteroatoms. The lowest BCUT2D eigenvalue weighted by Gasteiger charge is -2.28. The minimum absolute atomic E-state index is 0.0387. The number of hydrogen-bond donors (Lipinski definition) is 0. The maximum atomic E-state index is 12.4. The van der Waals surface area contributed by atoms with Crippen molar-refractivity contribution in [2.45, 2.75) is 31.8 Å². The van der Waals surface area contributed by atoms with Crippen LogP contribution in [0.2, 0.25) is 0 Å². The van der Waals surface area contributed by atoms with Gasteiger partial charge in [0.05, 0.1) is 12.4 Å². The first-order valence-corrected chi connectivity index (χ1v) is 8.18. The summed E-state index contributed by atoms with van der Waals surface area (Å²) in [6.45, 7) is 3.34. The molecule has 0 bridgehead atoms. The molecule has 0 aromatic carbocycles. The Morgan fingerprint density at radius 1 is 1.17 bits per heavy atom. The van der Waals surface area contributed by atoms with Crippen molar-refractivity contribution in [1.82, 2.24) is 23.6 Å². The molecule has 9 nitrogen and oxygen atoms in total. The monoisotopic (exact) mass is 334 g/mol. The molecule has 0 atom stereocenters. The first-order valence-electron chi connectivity index (χ1n) is 8.18. The lowest BCUT2D eigenvalue weighted by atomic mass is 10.1. The van der Waals surface area contributed by atoms with Crippen molar-refractivity contribution in [1.29, 1.82) is 0 Å². The predicted octanol–water partition coefficient (Wildman–Crippen LogP) is 0.0546. The highest BCUT2D eigenvalue weighted by Gasteiger charge is 2.19. The number of hydrogen-bond acceptors (Lipinski definition) is 6. The molecule has 2 aromatic rings. The lowest BCUT2D eigenvalue weighted by Crippen LogP contribution is -2.38. The van der Waals surface area contributed by atoms with E-state index in [4.69, 9.17) is 0 Å². The van der Waals surface area contributed by atoms with Gasteiger partial charge in [-0.2, -0.15) is 4.91 Å². The standard InChI is InChI=1S/C15H22N6O3/c1-18-13-12(14(22)19(2)15(18)23)21(10-16-13)7-3-6-20-8-4-11(17-24)5-9-20/h10-11H,3-9H2,1-2H3. The largest absolute Gasteiger partial charge is 0.332 e. The van der Waals surface area contributed by atoms with Crippen molar-refractivity contribution in [3.8, 4) is 0 Å². The van der Waals surface area contributed by atoms with Gasteiger partial charge in [-0.25, -0.2) is 9.78 Å². The van der Waals surface area contributed by atoms with Gasteiger partial charge in [-0.1, -0.05) is 5.18 Å². The van der Waals surface area contributed by atoms with Gasteiger partial charge in [0.15, 0.2) is 11.2 Å². The lowest BCUT2D eigenvalue weighted by molar-refractivity contribution is 0.208. The van der Waals surface area contributed by atoms with Gasteiger partial charge < -0.3 is 9.47 Å². The normalized spacial score (nSPS) is 16.8. The molecule has 0 amide bonds. The van der Waals surface area contributed by atoms with Crippen LogP contribution in [0.3, 0.4) is 0 Å². The smallest absolute Gasteiger partial charge is 0.325 e. The molecule has 3 rings (SSSR count). The van der Waals surface area contributed by atoms with Crippen LogP contribution < -0.4 is 11.2 Å². The van der Waals surface area contributed by atoms with Crippen LogP contribution in [0.25, 0.3) is 11.2 Å². The molecule has 0 saturated carbocycles. The molecule has 1 aliphatic rings. The molecule has 0 spiro atoms. The Hall–Kier alpha value is -2.29. The molecule has 0 radical (unpaired) electrons. The summed E-state index contributed by atoms with van der Waals surface area (Å²) in [5.41, 5.74) is 0.192. The molecule has 1 fully saturated rings. The number of nitroso groups, excluding NO2 is 1. The number of piperidine rings is 1. The molecule has 24 heavy (non-hydrogen) atoms. The highest BCUT2D eigenvalue weighted by molar-refractivity contribution is 5.69. The molecule has 0 aliphatic carbocycles. The molecule has 3 heterocycles. The number of likely N-dealkylation sites (tertiary alicyclic amines) is 1. The van der Waals surface area contributed by atoms with Gasteiger partial charge in [-0.3, -0.25) is 13.9 Å². The first-order chi connectivity index (χ1) is 11.5. The van der Waals surface area contributed by atoms with Crippen LogP contribution in [0.1, 0.15) is 19.3 Å². The molecular weight excluding hydrogens is 312 g/mol. The van der Waals surface area contributed by atoms with E-state index in [2.05, 4.69) is 15.1 Å². The van der Waals surface area contributed by atoms with Gasteiger partial charge in [0.25, 0.3) is 5.56 Å². The minimum atomic E-state index is -0.371. The van der Waals surface area contributed by atoms with Crippen molar-refractivity contribution in [3.63, 3.8) is 0 Å². The molecule has 130 valence electrons. The van der Waals surface area contributed by atoms with E-state index in [1.54, 1.807) is 13.4 Å². The van der Waals surface area contributed by atoms with Crippen molar-refractivity contribution in [3.05, 3.63) is 32.1 Å². The van der Waals surface area contributed by atoms with Crippen LogP contribution in [0.5, 0.6) is 0 Å². The number of nitrogens with zero attached hydrogens (tertiary/aromatic N) is 6. The Morgan fingerprint density at radius 2 is 1.88 bits per heavy atom. The summed E-state index contributed by atoms with van der Waals surface area (Å²) in [6, 6.07) is -0.0387. The van der Waals surface area contributed by atoms with Gasteiger partial charge >= 0.3 is 5.69 Å². The van der Waals surface area contributed by atoms with E-state index in [0.717, 1.165) is 43.5 Å². The van der Waals surface area contributed by atoms with E-state index in [0.29, 0.717) is 17.7 Å². The van der Waals surface area contributed by atoms with Crippen molar-refractivity contribution >= 4 is 11.2 Å². The second-order valence-corrected chi connectivity index (χ2v) is 6.35. The number of aromatic nitrogens is 4. The quantitative estimate of drug-likeness (QED) is 0.720. The van der Waals surface area contributed by atoms with Gasteiger partial charge in [0.1, 0.15) is 0 Å². The van der Waals surface area contributed by atoms with E-state index < -0.39 is 0 Å². The number of imidazole rings is 1. The SMILES string of the molecule is Cn1c(=O)c2c(ncn2CCCN2CCC(N=O)CC2)n(C)c1=O. The Bertz CT molecular complexity index is 856. The minimum Gasteiger partial charge on any atom is -0.325 e. The van der Waals surface area contributed by atoms with Gasteiger partial charge in [-0.05, 0) is 25.8 Å². The van der Waals surface area contributed by atoms with E-state index in [-0.39, 0.29) is 17.3 Å². The van der Waals surface area contributed by atoms with Crippen molar-refractivity contribution in [2.75, 3.05) is 19.6 Å². The first kappa shape index (κ1) is 16.6. The van der Waals surface area contributed by atoms with Crippen LogP contribution in [0.15, 0.2) is 21.1 Å². The average molecular weight is 334 g/mol. The molecule has 1 saturated heterocycles. The summed E-state index contributed by atoms with van der Waals surface area (Å²) < 4.78 is 4.32. The number of aryl methyl sites for hydroxylation is 2. The summed E-state index contributed by atoms with van der Waals surface area (Å²) in [4.78, 5) is 41.4. The Labute approximate surface area is 138 Å². The number of fused-ring (bicyclic) bond motifs is 1. The second-order valence-electron chi connectivity index (χ2n) is 6.35. The predicted molar refractivity (Wildman–Crippen MR) is 90.1 cm³/mol. The maximum absolute atomic E-state index is 12.4.